The Morgan fingerprint density at radius 2 is 0.579 bits per heavy atom. The molecule has 3 aromatic heterocycles. The molecule has 0 amide bonds. The maximum absolute atomic E-state index is 6.66. The van der Waals surface area contributed by atoms with E-state index in [0.29, 0.717) is 5.02 Å². The first-order valence-corrected chi connectivity index (χ1v) is 32.7. The lowest BCUT2D eigenvalue weighted by Crippen LogP contribution is -2.57. The van der Waals surface area contributed by atoms with E-state index in [1.165, 1.54) is 93.3 Å². The number of ether oxygens (including phenoxy) is 4. The van der Waals surface area contributed by atoms with Gasteiger partial charge >= 0.3 is 0 Å². The molecule has 0 unspecified atom stereocenters. The molecule has 0 N–H and O–H groups in total. The van der Waals surface area contributed by atoms with Gasteiger partial charge in [-0.05, 0) is 148 Å². The number of hydrogen-bond donors (Lipinski definition) is 0. The maximum atomic E-state index is 6.66. The lowest BCUT2D eigenvalue weighted by atomic mass is 9.35. The minimum absolute atomic E-state index is 0.0517. The lowest BCUT2D eigenvalue weighted by Gasteiger charge is -2.33. The van der Waals surface area contributed by atoms with Crippen LogP contribution in [0.25, 0.3) is 93.6 Å². The second-order valence-corrected chi connectivity index (χ2v) is 25.5. The Hall–Kier alpha value is -11.9. The molecule has 0 spiro atoms. The number of benzene rings is 14. The first-order valence-electron chi connectivity index (χ1n) is 32.3. The van der Waals surface area contributed by atoms with Crippen LogP contribution in [0.2, 0.25) is 5.02 Å². The number of hydrogen-bond acceptors (Lipinski definition) is 4. The van der Waals surface area contributed by atoms with Crippen molar-refractivity contribution in [1.29, 1.82) is 0 Å². The minimum atomic E-state index is 0.0517. The molecule has 22 rings (SSSR count). The Labute approximate surface area is 552 Å². The van der Waals surface area contributed by atoms with Crippen LogP contribution in [-0.4, -0.2) is 27.1 Å². The summed E-state index contributed by atoms with van der Waals surface area (Å²) >= 11 is 6.23. The minimum Gasteiger partial charge on any atom is -0.458 e. The fraction of sp³-hybridized carbons (Fsp3) is 0.0118. The molecule has 0 saturated heterocycles. The van der Waals surface area contributed by atoms with Gasteiger partial charge in [0, 0.05) is 71.8 Å². The molecule has 444 valence electrons. The van der Waals surface area contributed by atoms with Gasteiger partial charge in [0.1, 0.15) is 46.0 Å². The number of rotatable bonds is 3. The van der Waals surface area contributed by atoms with Crippen LogP contribution in [0.15, 0.2) is 303 Å². The van der Waals surface area contributed by atoms with Gasteiger partial charge in [-0.15, -0.1) is 0 Å². The van der Waals surface area contributed by atoms with Crippen LogP contribution in [0, 0.1) is 0 Å². The molecular formula is C85H52B2ClN3O4. The summed E-state index contributed by atoms with van der Waals surface area (Å²) in [6, 6.07) is 107. The van der Waals surface area contributed by atoms with E-state index in [1.807, 2.05) is 60.7 Å². The molecule has 17 aromatic rings. The standard InChI is InChI=1S/C42H25BN2O2.C25H17N.C18H10BClO2/c1-6-16-34-28(11-1)29-12-2-7-17-35(29)44(34)26-21-22-37-31(23-26)30-13-3-8-18-36(30)45(37)27-24-40-42-41(25-27)47-39-20-10-5-15-33(39)43(42)32-14-4-9-19-38(32)46-40;1-2-8-20-17(7-1)15-18-13-14-19(16-23(18)20)26-24-11-5-3-9-21(24)22-10-4-6-12-25(22)26;20-11-9-16-18-17(10-11)22-15-8-4-2-6-13(15)19(18)12-5-1-3-7-14(12)21-16/h1-25H;1-14,16H,15H2;1-10H. The zero-order chi connectivity index (χ0) is 62.4. The summed E-state index contributed by atoms with van der Waals surface area (Å²) in [6.45, 7) is 0.174. The number of nitrogens with zero attached hydrogens (tertiary/aromatic N) is 3. The van der Waals surface area contributed by atoms with Crippen molar-refractivity contribution in [3.63, 3.8) is 0 Å². The summed E-state index contributed by atoms with van der Waals surface area (Å²) < 4.78 is 32.5. The highest BCUT2D eigenvalue weighted by molar-refractivity contribution is 6.99. The summed E-state index contributed by atoms with van der Waals surface area (Å²) in [5.74, 6) is 6.77. The molecule has 0 fully saturated rings. The number of aromatic nitrogens is 3. The van der Waals surface area contributed by atoms with Crippen LogP contribution in [0.4, 0.5) is 0 Å². The second kappa shape index (κ2) is 21.1. The molecule has 10 heteroatoms. The van der Waals surface area contributed by atoms with E-state index in [2.05, 4.69) is 256 Å². The fourth-order valence-electron chi connectivity index (χ4n) is 15.9. The quantitative estimate of drug-likeness (QED) is 0.165. The highest BCUT2D eigenvalue weighted by Crippen LogP contribution is 2.44. The van der Waals surface area contributed by atoms with E-state index in [-0.39, 0.29) is 13.4 Å². The van der Waals surface area contributed by atoms with E-state index in [4.69, 9.17) is 30.5 Å². The van der Waals surface area contributed by atoms with E-state index in [0.717, 1.165) is 96.7 Å². The Morgan fingerprint density at radius 3 is 1.03 bits per heavy atom. The number of halogens is 1. The summed E-state index contributed by atoms with van der Waals surface area (Å²) in [6.07, 6.45) is 1.04. The third kappa shape index (κ3) is 8.29. The molecule has 4 aliphatic heterocycles. The van der Waals surface area contributed by atoms with Gasteiger partial charge in [0.25, 0.3) is 13.4 Å². The molecule has 0 radical (unpaired) electrons. The molecule has 0 saturated carbocycles. The number of fused-ring (bicyclic) bond motifs is 20. The fourth-order valence-corrected chi connectivity index (χ4v) is 16.1. The molecule has 1 aliphatic carbocycles. The maximum Gasteiger partial charge on any atom is 0.260 e. The Morgan fingerprint density at radius 1 is 0.253 bits per heavy atom. The molecule has 95 heavy (non-hydrogen) atoms. The average molecular weight is 1240 g/mol. The molecule has 14 aromatic carbocycles. The van der Waals surface area contributed by atoms with Crippen molar-refractivity contribution in [3.05, 3.63) is 319 Å². The van der Waals surface area contributed by atoms with Gasteiger partial charge in [0.15, 0.2) is 0 Å². The predicted molar refractivity (Wildman–Crippen MR) is 391 cm³/mol. The van der Waals surface area contributed by atoms with Crippen molar-refractivity contribution in [2.24, 2.45) is 0 Å². The predicted octanol–water partition coefficient (Wildman–Crippen LogP) is 18.0. The molecule has 7 nitrogen and oxygen atoms in total. The van der Waals surface area contributed by atoms with Gasteiger partial charge in [0.2, 0.25) is 0 Å². The highest BCUT2D eigenvalue weighted by Gasteiger charge is 2.42. The van der Waals surface area contributed by atoms with Crippen LogP contribution in [0.1, 0.15) is 11.1 Å². The van der Waals surface area contributed by atoms with Gasteiger partial charge in [-0.2, -0.15) is 0 Å². The third-order valence-corrected chi connectivity index (χ3v) is 20.1. The average Bonchev–Trinajstić information content (AvgIpc) is 0.922. The van der Waals surface area contributed by atoms with E-state index in [1.54, 1.807) is 0 Å². The molecular weight excluding hydrogens is 1180 g/mol. The van der Waals surface area contributed by atoms with Crippen molar-refractivity contribution in [2.45, 2.75) is 6.42 Å². The topological polar surface area (TPSA) is 51.7 Å². The summed E-state index contributed by atoms with van der Waals surface area (Å²) in [7, 11) is 0. The third-order valence-electron chi connectivity index (χ3n) is 19.9. The van der Waals surface area contributed by atoms with Crippen LogP contribution >= 0.6 is 11.6 Å². The van der Waals surface area contributed by atoms with Crippen LogP contribution in [0.3, 0.4) is 0 Å². The first kappa shape index (κ1) is 53.7. The van der Waals surface area contributed by atoms with Gasteiger partial charge in [-0.3, -0.25) is 0 Å². The van der Waals surface area contributed by atoms with E-state index in [9.17, 15) is 0 Å². The Bertz CT molecular complexity index is 5860. The van der Waals surface area contributed by atoms with Crippen LogP contribution in [0.5, 0.6) is 46.0 Å². The van der Waals surface area contributed by atoms with Crippen molar-refractivity contribution in [1.82, 2.24) is 13.7 Å². The summed E-state index contributed by atoms with van der Waals surface area (Å²) in [5.41, 5.74) is 23.0. The van der Waals surface area contributed by atoms with Crippen molar-refractivity contribution < 1.29 is 18.9 Å². The summed E-state index contributed by atoms with van der Waals surface area (Å²) in [5, 5.41) is 8.15. The first-order chi connectivity index (χ1) is 47.0. The summed E-state index contributed by atoms with van der Waals surface area (Å²) in [4.78, 5) is 0. The van der Waals surface area contributed by atoms with Crippen molar-refractivity contribution in [3.8, 4) is 74.2 Å². The van der Waals surface area contributed by atoms with Crippen molar-refractivity contribution in [2.75, 3.05) is 0 Å². The second-order valence-electron chi connectivity index (χ2n) is 25.1. The molecule has 0 bridgehead atoms. The largest absolute Gasteiger partial charge is 0.458 e. The van der Waals surface area contributed by atoms with E-state index < -0.39 is 0 Å². The zero-order valence-electron chi connectivity index (χ0n) is 51.1. The van der Waals surface area contributed by atoms with Crippen LogP contribution < -0.4 is 51.7 Å². The van der Waals surface area contributed by atoms with Gasteiger partial charge in [0.05, 0.1) is 38.8 Å². The molecule has 7 heterocycles. The monoisotopic (exact) mass is 1240 g/mol. The Kier molecular flexibility index (Phi) is 11.9. The Balaban J connectivity index is 0.000000108. The van der Waals surface area contributed by atoms with E-state index >= 15 is 0 Å². The molecule has 5 aliphatic rings. The molecule has 0 atom stereocenters. The van der Waals surface area contributed by atoms with Crippen molar-refractivity contribution >= 4 is 123 Å². The zero-order valence-corrected chi connectivity index (χ0v) is 51.8. The lowest BCUT2D eigenvalue weighted by molar-refractivity contribution is 0.464. The van der Waals surface area contributed by atoms with Gasteiger partial charge in [-0.1, -0.05) is 206 Å². The number of para-hydroxylation sites is 9. The van der Waals surface area contributed by atoms with Crippen LogP contribution in [-0.2, 0) is 6.42 Å². The van der Waals surface area contributed by atoms with Gasteiger partial charge < -0.3 is 32.6 Å². The smallest absolute Gasteiger partial charge is 0.260 e. The normalized spacial score (nSPS) is 12.9. The highest BCUT2D eigenvalue weighted by atomic mass is 35.5. The van der Waals surface area contributed by atoms with Gasteiger partial charge in [-0.25, -0.2) is 0 Å². The SMILES string of the molecule is Clc1cc2c3c(c1)Oc1ccccc1B3c1ccccc1O2.c1ccc2c(c1)Cc1ccc(-n3c4ccccc4c4ccccc43)cc1-2.c1ccc2c(c1)Oc1cc(-n3c4ccccc4c4cc(-n5c6ccccc6c6ccccc65)ccc43)cc3c1B2c1ccccc1O3.